The SMILES string of the molecule is Cc1c(C(C)(C)C)n(-c2ccc(-n3c4ccccc4c4ccccc43)cc2)c2cc3cc4c(cc3cc12)c(C(C)(C)C)c(C)n4-c1ccc(-n2c3ccccc3c3ccccc32)cc1. The molecule has 4 nitrogen and oxygen atoms in total. The average molecular weight is 829 g/mol. The van der Waals surface area contributed by atoms with Gasteiger partial charge in [0.1, 0.15) is 0 Å². The number of hydrogen-bond acceptors (Lipinski definition) is 0. The van der Waals surface area contributed by atoms with Crippen LogP contribution in [0, 0.1) is 13.8 Å². The zero-order valence-corrected chi connectivity index (χ0v) is 38.0. The summed E-state index contributed by atoms with van der Waals surface area (Å²) in [6.45, 7) is 18.7. The summed E-state index contributed by atoms with van der Waals surface area (Å²) in [5.41, 5.74) is 17.2. The summed E-state index contributed by atoms with van der Waals surface area (Å²) in [6, 6.07) is 63.2. The van der Waals surface area contributed by atoms with E-state index in [1.807, 2.05) is 0 Å². The van der Waals surface area contributed by atoms with E-state index in [9.17, 15) is 0 Å². The Bertz CT molecular complexity index is 3730. The number of aromatic nitrogens is 4. The first-order valence-corrected chi connectivity index (χ1v) is 22.7. The van der Waals surface area contributed by atoms with E-state index < -0.39 is 0 Å². The van der Waals surface area contributed by atoms with Gasteiger partial charge in [-0.05, 0) is 138 Å². The highest BCUT2D eigenvalue weighted by Crippen LogP contribution is 2.43. The molecule has 12 rings (SSSR count). The topological polar surface area (TPSA) is 19.7 Å². The van der Waals surface area contributed by atoms with Crippen LogP contribution in [-0.2, 0) is 10.8 Å². The van der Waals surface area contributed by atoms with Crippen LogP contribution < -0.4 is 0 Å². The zero-order valence-electron chi connectivity index (χ0n) is 38.0. The lowest BCUT2D eigenvalue weighted by Crippen LogP contribution is -2.18. The predicted molar refractivity (Wildman–Crippen MR) is 273 cm³/mol. The first-order valence-electron chi connectivity index (χ1n) is 22.7. The molecule has 0 aliphatic rings. The van der Waals surface area contributed by atoms with Gasteiger partial charge in [0.25, 0.3) is 0 Å². The average Bonchev–Trinajstić information content (AvgIpc) is 3.99. The Hall–Kier alpha value is -7.30. The smallest absolute Gasteiger partial charge is 0.0541 e. The molecule has 4 heterocycles. The molecule has 0 atom stereocenters. The van der Waals surface area contributed by atoms with Crippen molar-refractivity contribution in [2.75, 3.05) is 0 Å². The van der Waals surface area contributed by atoms with Crippen LogP contribution >= 0.6 is 0 Å². The minimum Gasteiger partial charge on any atom is -0.314 e. The number of aryl methyl sites for hydroxylation is 1. The molecular formula is C60H52N4. The van der Waals surface area contributed by atoms with Gasteiger partial charge in [-0.15, -0.1) is 0 Å². The highest BCUT2D eigenvalue weighted by molar-refractivity contribution is 6.11. The molecule has 0 aliphatic heterocycles. The Balaban J connectivity index is 1.04. The summed E-state index contributed by atoms with van der Waals surface area (Å²) in [4.78, 5) is 0. The van der Waals surface area contributed by atoms with E-state index in [2.05, 4.69) is 244 Å². The number of hydrogen-bond donors (Lipinski definition) is 0. The summed E-state index contributed by atoms with van der Waals surface area (Å²) in [5.74, 6) is 0. The Morgan fingerprint density at radius 1 is 0.312 bits per heavy atom. The second-order valence-electron chi connectivity index (χ2n) is 20.0. The van der Waals surface area contributed by atoms with E-state index in [1.165, 1.54) is 110 Å². The van der Waals surface area contributed by atoms with Crippen LogP contribution in [0.4, 0.5) is 0 Å². The van der Waals surface area contributed by atoms with Gasteiger partial charge >= 0.3 is 0 Å². The predicted octanol–water partition coefficient (Wildman–Crippen LogP) is 16.1. The van der Waals surface area contributed by atoms with Gasteiger partial charge in [-0.2, -0.15) is 0 Å². The van der Waals surface area contributed by atoms with Crippen LogP contribution in [0.15, 0.2) is 170 Å². The van der Waals surface area contributed by atoms with E-state index in [4.69, 9.17) is 0 Å². The van der Waals surface area contributed by atoms with Gasteiger partial charge in [-0.1, -0.05) is 114 Å². The summed E-state index contributed by atoms with van der Waals surface area (Å²) >= 11 is 0. The van der Waals surface area contributed by atoms with E-state index >= 15 is 0 Å². The van der Waals surface area contributed by atoms with Crippen LogP contribution in [0.1, 0.15) is 64.1 Å². The molecule has 0 fully saturated rings. The lowest BCUT2D eigenvalue weighted by atomic mass is 9.84. The molecule has 0 spiro atoms. The van der Waals surface area contributed by atoms with Crippen LogP contribution in [0.2, 0.25) is 0 Å². The lowest BCUT2D eigenvalue weighted by Gasteiger charge is -2.24. The molecule has 312 valence electrons. The summed E-state index contributed by atoms with van der Waals surface area (Å²) in [6.07, 6.45) is 0. The number of para-hydroxylation sites is 4. The fourth-order valence-corrected chi connectivity index (χ4v) is 11.4. The molecule has 64 heavy (non-hydrogen) atoms. The van der Waals surface area contributed by atoms with E-state index in [0.717, 1.165) is 11.4 Å². The Morgan fingerprint density at radius 2 is 0.656 bits per heavy atom. The second kappa shape index (κ2) is 13.6. The fourth-order valence-electron chi connectivity index (χ4n) is 11.4. The van der Waals surface area contributed by atoms with Crippen molar-refractivity contribution in [3.8, 4) is 22.7 Å². The second-order valence-corrected chi connectivity index (χ2v) is 20.0. The van der Waals surface area contributed by atoms with Gasteiger partial charge in [-0.3, -0.25) is 0 Å². The molecule has 0 amide bonds. The maximum Gasteiger partial charge on any atom is 0.0541 e. The van der Waals surface area contributed by atoms with Crippen molar-refractivity contribution in [1.82, 2.24) is 18.3 Å². The minimum absolute atomic E-state index is 0.0572. The number of benzene rings is 8. The van der Waals surface area contributed by atoms with E-state index in [1.54, 1.807) is 0 Å². The molecule has 0 aliphatic carbocycles. The Morgan fingerprint density at radius 3 is 1.06 bits per heavy atom. The minimum atomic E-state index is -0.0933. The molecule has 8 aromatic carbocycles. The first kappa shape index (κ1) is 38.4. The largest absolute Gasteiger partial charge is 0.314 e. The Labute approximate surface area is 374 Å². The fraction of sp³-hybridized carbons (Fsp3) is 0.167. The van der Waals surface area contributed by atoms with Crippen molar-refractivity contribution >= 4 is 76.2 Å². The maximum atomic E-state index is 2.53. The molecule has 4 heteroatoms. The van der Waals surface area contributed by atoms with Gasteiger partial charge in [0.05, 0.1) is 33.1 Å². The van der Waals surface area contributed by atoms with Crippen LogP contribution in [0.3, 0.4) is 0 Å². The highest BCUT2D eigenvalue weighted by atomic mass is 15.0. The number of fused-ring (bicyclic) bond motifs is 9. The molecule has 0 saturated heterocycles. The van der Waals surface area contributed by atoms with Gasteiger partial charge in [0.2, 0.25) is 0 Å². The molecule has 0 radical (unpaired) electrons. The highest BCUT2D eigenvalue weighted by Gasteiger charge is 2.28. The molecule has 0 bridgehead atoms. The first-order chi connectivity index (χ1) is 30.9. The summed E-state index contributed by atoms with van der Waals surface area (Å²) in [7, 11) is 0. The number of rotatable bonds is 4. The summed E-state index contributed by atoms with van der Waals surface area (Å²) in [5, 5.41) is 10.2. The van der Waals surface area contributed by atoms with Crippen LogP contribution in [0.25, 0.3) is 98.9 Å². The van der Waals surface area contributed by atoms with Crippen molar-refractivity contribution in [3.05, 3.63) is 192 Å². The van der Waals surface area contributed by atoms with Gasteiger partial charge < -0.3 is 18.3 Å². The molecule has 0 N–H and O–H groups in total. The van der Waals surface area contributed by atoms with Crippen molar-refractivity contribution in [2.45, 2.75) is 66.2 Å². The normalized spacial score (nSPS) is 12.7. The van der Waals surface area contributed by atoms with Crippen molar-refractivity contribution in [2.24, 2.45) is 0 Å². The van der Waals surface area contributed by atoms with Gasteiger partial charge in [0, 0.05) is 71.9 Å². The molecule has 4 aromatic heterocycles. The molecule has 12 aromatic rings. The molecular weight excluding hydrogens is 777 g/mol. The Kier molecular flexibility index (Phi) is 8.16. The van der Waals surface area contributed by atoms with Gasteiger partial charge in [-0.25, -0.2) is 0 Å². The monoisotopic (exact) mass is 828 g/mol. The standard InChI is InChI=1S/C60H52N4/c1-37-49-33-39-34-50-56(61(38(2)57(50)59(3,4)5)41-25-27-42(28-26-41)62-51-21-13-9-17-45(51)46-18-10-14-22-52(46)62)36-40(39)35-55(49)64(58(37)60(6,7)8)44-31-29-43(30-32-44)63-53-23-15-11-19-47(53)48-20-12-16-24-54(48)63/h9-36H,1-8H3. The maximum absolute atomic E-state index is 2.53. The zero-order chi connectivity index (χ0) is 43.8. The number of nitrogens with zero attached hydrogens (tertiary/aromatic N) is 4. The summed E-state index contributed by atoms with van der Waals surface area (Å²) < 4.78 is 9.82. The van der Waals surface area contributed by atoms with Crippen LogP contribution in [-0.4, -0.2) is 18.3 Å². The van der Waals surface area contributed by atoms with Gasteiger partial charge in [0.15, 0.2) is 0 Å². The van der Waals surface area contributed by atoms with E-state index in [-0.39, 0.29) is 10.8 Å². The van der Waals surface area contributed by atoms with Crippen molar-refractivity contribution < 1.29 is 0 Å². The molecule has 0 unspecified atom stereocenters. The lowest BCUT2D eigenvalue weighted by molar-refractivity contribution is 0.555. The van der Waals surface area contributed by atoms with Crippen molar-refractivity contribution in [1.29, 1.82) is 0 Å². The third kappa shape index (κ3) is 5.54. The molecule has 0 saturated carbocycles. The third-order valence-corrected chi connectivity index (χ3v) is 13.9. The van der Waals surface area contributed by atoms with Crippen LogP contribution in [0.5, 0.6) is 0 Å². The van der Waals surface area contributed by atoms with Crippen molar-refractivity contribution in [3.63, 3.8) is 0 Å². The van der Waals surface area contributed by atoms with E-state index in [0.29, 0.717) is 0 Å². The third-order valence-electron chi connectivity index (χ3n) is 13.9. The quantitative estimate of drug-likeness (QED) is 0.168.